The van der Waals surface area contributed by atoms with Crippen molar-refractivity contribution in [3.05, 3.63) is 41.5 Å². The minimum Gasteiger partial charge on any atom is -0.377 e. The molecule has 0 N–H and O–H groups in total. The van der Waals surface area contributed by atoms with Crippen LogP contribution in [0.5, 0.6) is 0 Å². The maximum atomic E-state index is 10.5. The molecule has 0 aliphatic heterocycles. The lowest BCUT2D eigenvalue weighted by atomic mass is 10.3. The Bertz CT molecular complexity index is 473. The Labute approximate surface area is 92.6 Å². The van der Waals surface area contributed by atoms with Crippen molar-refractivity contribution in [2.45, 2.75) is 13.2 Å². The molecular weight excluding hydrogens is 208 g/mol. The lowest BCUT2D eigenvalue weighted by Crippen LogP contribution is -1.96. The van der Waals surface area contributed by atoms with Gasteiger partial charge in [-0.25, -0.2) is 0 Å². The van der Waals surface area contributed by atoms with E-state index in [4.69, 9.17) is 9.26 Å². The third-order valence-electron chi connectivity index (χ3n) is 2.15. The normalized spacial score (nSPS) is 10.6. The second kappa shape index (κ2) is 4.76. The molecule has 16 heavy (non-hydrogen) atoms. The lowest BCUT2D eigenvalue weighted by Gasteiger charge is -1.96. The number of hydrogen-bond acceptors (Lipinski definition) is 4. The molecule has 0 saturated heterocycles. The van der Waals surface area contributed by atoms with Gasteiger partial charge in [0.1, 0.15) is 12.3 Å². The zero-order valence-corrected chi connectivity index (χ0v) is 8.92. The first-order valence-corrected chi connectivity index (χ1v) is 4.86. The molecule has 2 rings (SSSR count). The molecule has 0 radical (unpaired) electrons. The van der Waals surface area contributed by atoms with Crippen LogP contribution >= 0.6 is 0 Å². The molecular formula is C11H12N2O3. The summed E-state index contributed by atoms with van der Waals surface area (Å²) in [5, 5.41) is 3.90. The van der Waals surface area contributed by atoms with Crippen molar-refractivity contribution in [3.63, 3.8) is 0 Å². The molecule has 0 amide bonds. The van der Waals surface area contributed by atoms with Crippen molar-refractivity contribution in [2.24, 2.45) is 0 Å². The van der Waals surface area contributed by atoms with Crippen LogP contribution < -0.4 is 0 Å². The van der Waals surface area contributed by atoms with E-state index in [-0.39, 0.29) is 0 Å². The van der Waals surface area contributed by atoms with Crippen LogP contribution in [0.15, 0.2) is 29.0 Å². The zero-order chi connectivity index (χ0) is 11.4. The maximum Gasteiger partial charge on any atom is 0.162 e. The summed E-state index contributed by atoms with van der Waals surface area (Å²) in [6.07, 6.45) is 4.40. The molecule has 0 bridgehead atoms. The van der Waals surface area contributed by atoms with Crippen molar-refractivity contribution >= 4 is 6.29 Å². The first kappa shape index (κ1) is 10.6. The standard InChI is InChI=1S/C11H12N2O3/c1-15-8-11-4-10(12-16-11)6-13-3-2-9(5-13)7-14/h2-5,7H,6,8H2,1H3. The number of carbonyl (C=O) groups is 1. The van der Waals surface area contributed by atoms with Gasteiger partial charge in [0.25, 0.3) is 0 Å². The van der Waals surface area contributed by atoms with Crippen molar-refractivity contribution < 1.29 is 14.1 Å². The van der Waals surface area contributed by atoms with E-state index >= 15 is 0 Å². The molecule has 0 aliphatic rings. The Morgan fingerprint density at radius 2 is 2.50 bits per heavy atom. The number of carbonyl (C=O) groups excluding carboxylic acids is 1. The van der Waals surface area contributed by atoms with Crippen LogP contribution in [0.25, 0.3) is 0 Å². The summed E-state index contributed by atoms with van der Waals surface area (Å²) >= 11 is 0. The topological polar surface area (TPSA) is 57.3 Å². The van der Waals surface area contributed by atoms with E-state index in [0.29, 0.717) is 24.5 Å². The molecule has 0 saturated carbocycles. The van der Waals surface area contributed by atoms with E-state index in [9.17, 15) is 4.79 Å². The van der Waals surface area contributed by atoms with Gasteiger partial charge in [0.15, 0.2) is 12.0 Å². The van der Waals surface area contributed by atoms with E-state index in [0.717, 1.165) is 12.0 Å². The number of aromatic nitrogens is 2. The third-order valence-corrected chi connectivity index (χ3v) is 2.15. The molecule has 0 spiro atoms. The summed E-state index contributed by atoms with van der Waals surface area (Å²) in [7, 11) is 1.60. The number of methoxy groups -OCH3 is 1. The molecule has 0 aromatic carbocycles. The summed E-state index contributed by atoms with van der Waals surface area (Å²) in [5.41, 5.74) is 1.46. The first-order valence-electron chi connectivity index (χ1n) is 4.86. The Balaban J connectivity index is 2.05. The summed E-state index contributed by atoms with van der Waals surface area (Å²) < 4.78 is 11.9. The van der Waals surface area contributed by atoms with Crippen LogP contribution in [0.3, 0.4) is 0 Å². The number of hydrogen-bond donors (Lipinski definition) is 0. The van der Waals surface area contributed by atoms with Gasteiger partial charge >= 0.3 is 0 Å². The quantitative estimate of drug-likeness (QED) is 0.716. The minimum atomic E-state index is 0.415. The van der Waals surface area contributed by atoms with E-state index in [1.54, 1.807) is 19.4 Å². The van der Waals surface area contributed by atoms with Gasteiger partial charge in [0, 0.05) is 31.1 Å². The van der Waals surface area contributed by atoms with Gasteiger partial charge in [0.05, 0.1) is 6.54 Å². The highest BCUT2D eigenvalue weighted by Gasteiger charge is 2.04. The molecule has 0 fully saturated rings. The molecule has 84 valence electrons. The van der Waals surface area contributed by atoms with E-state index in [1.165, 1.54) is 0 Å². The fourth-order valence-electron chi connectivity index (χ4n) is 1.46. The number of nitrogens with zero attached hydrogens (tertiary/aromatic N) is 2. The summed E-state index contributed by atoms with van der Waals surface area (Å²) in [4.78, 5) is 10.5. The van der Waals surface area contributed by atoms with Gasteiger partial charge in [-0.3, -0.25) is 4.79 Å². The summed E-state index contributed by atoms with van der Waals surface area (Å²) in [5.74, 6) is 0.695. The van der Waals surface area contributed by atoms with E-state index in [2.05, 4.69) is 5.16 Å². The number of rotatable bonds is 5. The molecule has 0 aliphatic carbocycles. The fraction of sp³-hybridized carbons (Fsp3) is 0.273. The highest BCUT2D eigenvalue weighted by Crippen LogP contribution is 2.07. The second-order valence-corrected chi connectivity index (χ2v) is 3.45. The van der Waals surface area contributed by atoms with Gasteiger partial charge in [-0.1, -0.05) is 5.16 Å². The second-order valence-electron chi connectivity index (χ2n) is 3.45. The largest absolute Gasteiger partial charge is 0.377 e. The minimum absolute atomic E-state index is 0.415. The molecule has 5 heteroatoms. The monoisotopic (exact) mass is 220 g/mol. The highest BCUT2D eigenvalue weighted by atomic mass is 16.5. The van der Waals surface area contributed by atoms with Gasteiger partial charge in [0.2, 0.25) is 0 Å². The van der Waals surface area contributed by atoms with Gasteiger partial charge in [-0.2, -0.15) is 0 Å². The Morgan fingerprint density at radius 1 is 1.62 bits per heavy atom. The average molecular weight is 220 g/mol. The van der Waals surface area contributed by atoms with Gasteiger partial charge < -0.3 is 13.8 Å². The third kappa shape index (κ3) is 2.38. The maximum absolute atomic E-state index is 10.5. The Hall–Kier alpha value is -1.88. The molecule has 0 unspecified atom stereocenters. The predicted molar refractivity (Wildman–Crippen MR) is 56.1 cm³/mol. The van der Waals surface area contributed by atoms with Crippen LogP contribution in [0.2, 0.25) is 0 Å². The molecule has 5 nitrogen and oxygen atoms in total. The van der Waals surface area contributed by atoms with Gasteiger partial charge in [-0.15, -0.1) is 0 Å². The number of ether oxygens (including phenoxy) is 1. The SMILES string of the molecule is COCc1cc(Cn2ccc(C=O)c2)no1. The molecule has 0 atom stereocenters. The van der Waals surface area contributed by atoms with Crippen molar-refractivity contribution in [3.8, 4) is 0 Å². The summed E-state index contributed by atoms with van der Waals surface area (Å²) in [6, 6.07) is 3.59. The fourth-order valence-corrected chi connectivity index (χ4v) is 1.46. The highest BCUT2D eigenvalue weighted by molar-refractivity contribution is 5.74. The Morgan fingerprint density at radius 3 is 3.19 bits per heavy atom. The van der Waals surface area contributed by atoms with E-state index in [1.807, 2.05) is 16.8 Å². The van der Waals surface area contributed by atoms with Gasteiger partial charge in [-0.05, 0) is 6.07 Å². The van der Waals surface area contributed by atoms with Crippen LogP contribution in [0.1, 0.15) is 21.8 Å². The van der Waals surface area contributed by atoms with E-state index < -0.39 is 0 Å². The zero-order valence-electron chi connectivity index (χ0n) is 8.92. The van der Waals surface area contributed by atoms with Crippen LogP contribution in [-0.4, -0.2) is 23.1 Å². The first-order chi connectivity index (χ1) is 7.81. The summed E-state index contributed by atoms with van der Waals surface area (Å²) in [6.45, 7) is 0.999. The van der Waals surface area contributed by atoms with Crippen molar-refractivity contribution in [1.82, 2.24) is 9.72 Å². The molecule has 2 aromatic rings. The Kier molecular flexibility index (Phi) is 3.16. The lowest BCUT2D eigenvalue weighted by molar-refractivity contribution is 0.112. The predicted octanol–water partition coefficient (Wildman–Crippen LogP) is 1.48. The van der Waals surface area contributed by atoms with Crippen molar-refractivity contribution in [1.29, 1.82) is 0 Å². The average Bonchev–Trinajstić information content (AvgIpc) is 2.89. The smallest absolute Gasteiger partial charge is 0.162 e. The molecule has 2 heterocycles. The van der Waals surface area contributed by atoms with Crippen LogP contribution in [0.4, 0.5) is 0 Å². The molecule has 2 aromatic heterocycles. The number of aldehydes is 1. The van der Waals surface area contributed by atoms with Crippen molar-refractivity contribution in [2.75, 3.05) is 7.11 Å². The van der Waals surface area contributed by atoms with Crippen LogP contribution in [-0.2, 0) is 17.9 Å². The van der Waals surface area contributed by atoms with Crippen LogP contribution in [0, 0.1) is 0 Å².